The van der Waals surface area contributed by atoms with Crippen molar-refractivity contribution in [2.75, 3.05) is 11.4 Å². The first-order valence-electron chi connectivity index (χ1n) is 6.54. The Kier molecular flexibility index (Phi) is 4.90. The van der Waals surface area contributed by atoms with E-state index in [0.717, 1.165) is 19.3 Å². The van der Waals surface area contributed by atoms with Crippen LogP contribution in [0.2, 0.25) is 10.0 Å². The summed E-state index contributed by atoms with van der Waals surface area (Å²) < 4.78 is 0. The summed E-state index contributed by atoms with van der Waals surface area (Å²) in [6, 6.07) is 1.68. The summed E-state index contributed by atoms with van der Waals surface area (Å²) >= 11 is 12.2. The molecule has 0 amide bonds. The van der Waals surface area contributed by atoms with E-state index in [-0.39, 0.29) is 15.7 Å². The molecule has 0 aliphatic carbocycles. The summed E-state index contributed by atoms with van der Waals surface area (Å²) in [5, 5.41) is 20.4. The highest BCUT2D eigenvalue weighted by molar-refractivity contribution is 6.39. The minimum atomic E-state index is -0.942. The molecule has 0 bridgehead atoms. The lowest BCUT2D eigenvalue weighted by molar-refractivity contribution is -0.384. The molecular weight excluding hydrogens is 319 g/mol. The summed E-state index contributed by atoms with van der Waals surface area (Å²) in [7, 11) is 0. The number of benzene rings is 1. The number of aliphatic carboxylic acids is 1. The van der Waals surface area contributed by atoms with Crippen molar-refractivity contribution in [1.82, 2.24) is 0 Å². The molecule has 6 nitrogen and oxygen atoms in total. The molecule has 1 atom stereocenters. The SMILES string of the molecule is O=C(O)C1CCCCCN1c1c(Cl)cc([N+](=O)[O-])cc1Cl. The molecular formula is C13H14Cl2N2O4. The Bertz CT molecular complexity index is 556. The molecule has 1 fully saturated rings. The number of nitro benzene ring substituents is 1. The Morgan fingerprint density at radius 3 is 2.43 bits per heavy atom. The second-order valence-corrected chi connectivity index (χ2v) is 5.73. The van der Waals surface area contributed by atoms with Gasteiger partial charge >= 0.3 is 5.97 Å². The van der Waals surface area contributed by atoms with Crippen LogP contribution in [0.3, 0.4) is 0 Å². The van der Waals surface area contributed by atoms with E-state index in [1.165, 1.54) is 12.1 Å². The molecule has 114 valence electrons. The standard InChI is InChI=1S/C13H14Cl2N2O4/c14-9-6-8(17(20)21)7-10(15)12(9)16-5-3-1-2-4-11(16)13(18)19/h6-7,11H,1-5H2,(H,18,19). The highest BCUT2D eigenvalue weighted by Gasteiger charge is 2.30. The molecule has 1 aromatic rings. The van der Waals surface area contributed by atoms with Gasteiger partial charge in [-0.25, -0.2) is 4.79 Å². The van der Waals surface area contributed by atoms with Crippen molar-refractivity contribution in [3.05, 3.63) is 32.3 Å². The molecule has 1 heterocycles. The number of rotatable bonds is 3. The fraction of sp³-hybridized carbons (Fsp3) is 0.462. The number of halogens is 2. The summed E-state index contributed by atoms with van der Waals surface area (Å²) in [5.41, 5.74) is 0.147. The average Bonchev–Trinajstić information content (AvgIpc) is 2.63. The maximum atomic E-state index is 11.5. The lowest BCUT2D eigenvalue weighted by Gasteiger charge is -2.30. The van der Waals surface area contributed by atoms with Gasteiger partial charge in [-0.1, -0.05) is 36.0 Å². The van der Waals surface area contributed by atoms with E-state index in [1.54, 1.807) is 4.90 Å². The van der Waals surface area contributed by atoms with Crippen LogP contribution in [0.5, 0.6) is 0 Å². The lowest BCUT2D eigenvalue weighted by atomic mass is 10.1. The molecule has 1 aromatic carbocycles. The zero-order valence-electron chi connectivity index (χ0n) is 11.1. The molecule has 2 rings (SSSR count). The molecule has 0 saturated carbocycles. The van der Waals surface area contributed by atoms with Crippen LogP contribution < -0.4 is 4.90 Å². The van der Waals surface area contributed by atoms with Crippen LogP contribution in [0.4, 0.5) is 11.4 Å². The third-order valence-corrected chi connectivity index (χ3v) is 4.11. The number of hydrogen-bond donors (Lipinski definition) is 1. The fourth-order valence-electron chi connectivity index (χ4n) is 2.56. The number of nitro groups is 1. The highest BCUT2D eigenvalue weighted by atomic mass is 35.5. The molecule has 1 unspecified atom stereocenters. The van der Waals surface area contributed by atoms with Gasteiger partial charge in [0.15, 0.2) is 0 Å². The van der Waals surface area contributed by atoms with Gasteiger partial charge in [0.05, 0.1) is 20.7 Å². The zero-order valence-corrected chi connectivity index (χ0v) is 12.6. The van der Waals surface area contributed by atoms with Crippen molar-refractivity contribution in [2.45, 2.75) is 31.7 Å². The van der Waals surface area contributed by atoms with Gasteiger partial charge in [-0.2, -0.15) is 0 Å². The average molecular weight is 333 g/mol. The molecule has 8 heteroatoms. The number of carboxylic acid groups (broad SMARTS) is 1. The van der Waals surface area contributed by atoms with Gasteiger partial charge in [-0.3, -0.25) is 10.1 Å². The van der Waals surface area contributed by atoms with Crippen molar-refractivity contribution >= 4 is 40.5 Å². The van der Waals surface area contributed by atoms with E-state index in [4.69, 9.17) is 23.2 Å². The first-order chi connectivity index (χ1) is 9.91. The number of hydrogen-bond acceptors (Lipinski definition) is 4. The molecule has 1 aliphatic rings. The smallest absolute Gasteiger partial charge is 0.326 e. The molecule has 21 heavy (non-hydrogen) atoms. The number of nitrogens with zero attached hydrogens (tertiary/aromatic N) is 2. The van der Waals surface area contributed by atoms with Gasteiger partial charge in [-0.05, 0) is 12.8 Å². The Hall–Kier alpha value is -1.53. The minimum absolute atomic E-state index is 0.0994. The molecule has 1 aliphatic heterocycles. The van der Waals surface area contributed by atoms with Crippen molar-refractivity contribution in [3.63, 3.8) is 0 Å². The molecule has 1 N–H and O–H groups in total. The number of carbonyl (C=O) groups is 1. The Balaban J connectivity index is 2.47. The third kappa shape index (κ3) is 3.39. The largest absolute Gasteiger partial charge is 0.480 e. The van der Waals surface area contributed by atoms with E-state index >= 15 is 0 Å². The maximum Gasteiger partial charge on any atom is 0.326 e. The van der Waals surface area contributed by atoms with E-state index in [0.29, 0.717) is 18.7 Å². The van der Waals surface area contributed by atoms with Gasteiger partial charge in [0, 0.05) is 18.7 Å². The van der Waals surface area contributed by atoms with Gasteiger partial charge in [0.25, 0.3) is 5.69 Å². The van der Waals surface area contributed by atoms with Crippen LogP contribution in [0.1, 0.15) is 25.7 Å². The zero-order chi connectivity index (χ0) is 15.6. The summed E-state index contributed by atoms with van der Waals surface area (Å²) in [6.45, 7) is 0.508. The van der Waals surface area contributed by atoms with Crippen molar-refractivity contribution < 1.29 is 14.8 Å². The Morgan fingerprint density at radius 2 is 1.90 bits per heavy atom. The molecule has 0 radical (unpaired) electrons. The third-order valence-electron chi connectivity index (χ3n) is 3.54. The molecule has 1 saturated heterocycles. The van der Waals surface area contributed by atoms with Crippen molar-refractivity contribution in [1.29, 1.82) is 0 Å². The summed E-state index contributed by atoms with van der Waals surface area (Å²) in [6.07, 6.45) is 3.07. The van der Waals surface area contributed by atoms with Crippen LogP contribution in [-0.2, 0) is 4.79 Å². The van der Waals surface area contributed by atoms with Crippen LogP contribution in [0.25, 0.3) is 0 Å². The Morgan fingerprint density at radius 1 is 1.29 bits per heavy atom. The topological polar surface area (TPSA) is 83.7 Å². The fourth-order valence-corrected chi connectivity index (χ4v) is 3.26. The second kappa shape index (κ2) is 6.49. The van der Waals surface area contributed by atoms with Gasteiger partial charge in [-0.15, -0.1) is 0 Å². The van der Waals surface area contributed by atoms with Crippen molar-refractivity contribution in [2.24, 2.45) is 0 Å². The minimum Gasteiger partial charge on any atom is -0.480 e. The van der Waals surface area contributed by atoms with E-state index < -0.39 is 16.9 Å². The van der Waals surface area contributed by atoms with E-state index in [9.17, 15) is 20.0 Å². The van der Waals surface area contributed by atoms with Gasteiger partial charge in [0.1, 0.15) is 6.04 Å². The quantitative estimate of drug-likeness (QED) is 0.673. The Labute approximate surface area is 131 Å². The van der Waals surface area contributed by atoms with Gasteiger partial charge in [0.2, 0.25) is 0 Å². The molecule has 0 spiro atoms. The van der Waals surface area contributed by atoms with Gasteiger partial charge < -0.3 is 10.0 Å². The summed E-state index contributed by atoms with van der Waals surface area (Å²) in [4.78, 5) is 23.3. The van der Waals surface area contributed by atoms with Crippen molar-refractivity contribution in [3.8, 4) is 0 Å². The van der Waals surface area contributed by atoms with Crippen LogP contribution in [0, 0.1) is 10.1 Å². The number of non-ortho nitro benzene ring substituents is 1. The first kappa shape index (κ1) is 15.9. The number of anilines is 1. The highest BCUT2D eigenvalue weighted by Crippen LogP contribution is 2.39. The summed E-state index contributed by atoms with van der Waals surface area (Å²) in [5.74, 6) is -0.942. The maximum absolute atomic E-state index is 11.5. The predicted molar refractivity (Wildman–Crippen MR) is 80.4 cm³/mol. The molecule has 0 aromatic heterocycles. The van der Waals surface area contributed by atoms with Crippen LogP contribution in [0.15, 0.2) is 12.1 Å². The lowest BCUT2D eigenvalue weighted by Crippen LogP contribution is -2.41. The monoisotopic (exact) mass is 332 g/mol. The number of carboxylic acids is 1. The van der Waals surface area contributed by atoms with E-state index in [2.05, 4.69) is 0 Å². The normalized spacial score (nSPS) is 19.1. The second-order valence-electron chi connectivity index (χ2n) is 4.91. The van der Waals surface area contributed by atoms with E-state index in [1.807, 2.05) is 0 Å². The predicted octanol–water partition coefficient (Wildman–Crippen LogP) is 3.74. The van der Waals surface area contributed by atoms with Crippen LogP contribution >= 0.6 is 23.2 Å². The van der Waals surface area contributed by atoms with Crippen LogP contribution in [-0.4, -0.2) is 28.6 Å². The first-order valence-corrected chi connectivity index (χ1v) is 7.30.